The second-order valence-corrected chi connectivity index (χ2v) is 6.02. The second-order valence-electron chi connectivity index (χ2n) is 5.64. The molecule has 0 amide bonds. The van der Waals surface area contributed by atoms with E-state index in [1.165, 1.54) is 0 Å². The van der Waals surface area contributed by atoms with E-state index in [4.69, 9.17) is 11.6 Å². The Morgan fingerprint density at radius 2 is 2.16 bits per heavy atom. The molecule has 1 aromatic heterocycles. The van der Waals surface area contributed by atoms with Gasteiger partial charge in [0.1, 0.15) is 11.0 Å². The average molecular weight is 278 g/mol. The summed E-state index contributed by atoms with van der Waals surface area (Å²) < 4.78 is 0. The van der Waals surface area contributed by atoms with Crippen LogP contribution >= 0.6 is 11.6 Å². The van der Waals surface area contributed by atoms with Gasteiger partial charge < -0.3 is 10.6 Å². The summed E-state index contributed by atoms with van der Waals surface area (Å²) >= 11 is 6.11. The van der Waals surface area contributed by atoms with Gasteiger partial charge in [-0.05, 0) is 44.9 Å². The summed E-state index contributed by atoms with van der Waals surface area (Å²) in [7, 11) is 0. The summed E-state index contributed by atoms with van der Waals surface area (Å²) in [5.41, 5.74) is 3.19. The highest BCUT2D eigenvalue weighted by Crippen LogP contribution is 2.32. The number of hydrogen-bond acceptors (Lipinski definition) is 3. The molecule has 0 unspecified atom stereocenters. The van der Waals surface area contributed by atoms with Crippen molar-refractivity contribution >= 4 is 29.2 Å². The van der Waals surface area contributed by atoms with Gasteiger partial charge >= 0.3 is 0 Å². The van der Waals surface area contributed by atoms with Crippen molar-refractivity contribution in [2.45, 2.75) is 39.7 Å². The molecule has 1 aromatic rings. The predicted molar refractivity (Wildman–Crippen MR) is 83.1 cm³/mol. The fourth-order valence-corrected chi connectivity index (χ4v) is 2.25. The molecule has 0 aliphatic carbocycles. The predicted octanol–water partition coefficient (Wildman–Crippen LogP) is 4.27. The highest BCUT2D eigenvalue weighted by atomic mass is 35.5. The minimum atomic E-state index is -0.0655. The first-order valence-corrected chi connectivity index (χ1v) is 6.91. The number of pyridine rings is 1. The first-order valence-electron chi connectivity index (χ1n) is 6.53. The molecule has 0 saturated carbocycles. The summed E-state index contributed by atoms with van der Waals surface area (Å²) in [4.78, 5) is 4.44. The summed E-state index contributed by atoms with van der Waals surface area (Å²) in [6, 6.07) is 1.89. The average Bonchev–Trinajstić information content (AvgIpc) is 2.26. The van der Waals surface area contributed by atoms with Crippen LogP contribution in [0, 0.1) is 0 Å². The van der Waals surface area contributed by atoms with E-state index in [9.17, 15) is 0 Å². The number of aromatic nitrogens is 1. The van der Waals surface area contributed by atoms with E-state index in [-0.39, 0.29) is 5.54 Å². The normalized spacial score (nSPS) is 16.2. The summed E-state index contributed by atoms with van der Waals surface area (Å²) in [5.74, 6) is 0.826. The number of fused-ring (bicyclic) bond motifs is 1. The van der Waals surface area contributed by atoms with Crippen LogP contribution in [0.2, 0.25) is 5.15 Å². The highest BCUT2D eigenvalue weighted by Gasteiger charge is 2.20. The lowest BCUT2D eigenvalue weighted by atomic mass is 10.0. The Balaban J connectivity index is 2.57. The third-order valence-electron chi connectivity index (χ3n) is 2.69. The molecule has 102 valence electrons. The van der Waals surface area contributed by atoms with E-state index in [1.54, 1.807) is 0 Å². The molecule has 0 bridgehead atoms. The van der Waals surface area contributed by atoms with Crippen molar-refractivity contribution in [1.82, 2.24) is 10.3 Å². The van der Waals surface area contributed by atoms with Gasteiger partial charge in [0.2, 0.25) is 0 Å². The number of nitrogens with one attached hydrogen (secondary N) is 2. The lowest BCUT2D eigenvalue weighted by Gasteiger charge is -2.26. The largest absolute Gasteiger partial charge is 0.365 e. The number of allylic oxidation sites excluding steroid dienone is 1. The maximum atomic E-state index is 6.11. The summed E-state index contributed by atoms with van der Waals surface area (Å²) in [6.45, 7) is 8.44. The second kappa shape index (κ2) is 5.25. The lowest BCUT2D eigenvalue weighted by Crippen LogP contribution is -2.28. The molecule has 3 nitrogen and oxygen atoms in total. The molecular formula is C15H20ClN3. The van der Waals surface area contributed by atoms with Gasteiger partial charge in [-0.15, -0.1) is 0 Å². The quantitative estimate of drug-likeness (QED) is 0.793. The van der Waals surface area contributed by atoms with Crippen molar-refractivity contribution in [2.75, 3.05) is 5.32 Å². The molecule has 4 heteroatoms. The maximum absolute atomic E-state index is 6.11. The number of halogens is 1. The van der Waals surface area contributed by atoms with Crippen molar-refractivity contribution in [3.63, 3.8) is 0 Å². The molecule has 0 radical (unpaired) electrons. The zero-order valence-electron chi connectivity index (χ0n) is 11.8. The van der Waals surface area contributed by atoms with Gasteiger partial charge in [0.15, 0.2) is 0 Å². The van der Waals surface area contributed by atoms with Gasteiger partial charge in [-0.25, -0.2) is 4.98 Å². The molecule has 0 spiro atoms. The fourth-order valence-electron chi connectivity index (χ4n) is 2.05. The molecular weight excluding hydrogens is 258 g/mol. The number of hydrogen-bond donors (Lipinski definition) is 2. The molecule has 0 fully saturated rings. The van der Waals surface area contributed by atoms with Crippen LogP contribution in [-0.4, -0.2) is 10.5 Å². The lowest BCUT2D eigenvalue weighted by molar-refractivity contribution is 0.630. The molecule has 2 N–H and O–H groups in total. The monoisotopic (exact) mass is 277 g/mol. The van der Waals surface area contributed by atoms with Crippen LogP contribution in [0.4, 0.5) is 5.82 Å². The zero-order chi connectivity index (χ0) is 14.0. The Morgan fingerprint density at radius 1 is 1.42 bits per heavy atom. The minimum absolute atomic E-state index is 0.0655. The van der Waals surface area contributed by atoms with Crippen molar-refractivity contribution in [3.8, 4) is 0 Å². The molecule has 2 heterocycles. The molecule has 2 rings (SSSR count). The Hall–Kier alpha value is -1.48. The van der Waals surface area contributed by atoms with Crippen LogP contribution in [0.15, 0.2) is 18.3 Å². The topological polar surface area (TPSA) is 37.0 Å². The molecule has 1 aliphatic rings. The fraction of sp³-hybridized carbons (Fsp3) is 0.400. The smallest absolute Gasteiger partial charge is 0.138 e. The number of rotatable bonds is 2. The van der Waals surface area contributed by atoms with Gasteiger partial charge in [0.25, 0.3) is 0 Å². The van der Waals surface area contributed by atoms with Crippen LogP contribution < -0.4 is 10.6 Å². The van der Waals surface area contributed by atoms with E-state index >= 15 is 0 Å². The number of nitrogens with zero attached hydrogens (tertiary/aromatic N) is 1. The molecule has 0 saturated heterocycles. The van der Waals surface area contributed by atoms with E-state index < -0.39 is 0 Å². The van der Waals surface area contributed by atoms with Crippen molar-refractivity contribution < 1.29 is 0 Å². The van der Waals surface area contributed by atoms with Crippen LogP contribution in [0.5, 0.6) is 0 Å². The third-order valence-corrected chi connectivity index (χ3v) is 2.89. The Kier molecular flexibility index (Phi) is 3.85. The Bertz CT molecular complexity index is 539. The molecule has 1 aliphatic heterocycles. The molecule has 0 atom stereocenters. The van der Waals surface area contributed by atoms with Crippen LogP contribution in [0.3, 0.4) is 0 Å². The zero-order valence-corrected chi connectivity index (χ0v) is 12.6. The van der Waals surface area contributed by atoms with E-state index in [0.717, 1.165) is 29.1 Å². The van der Waals surface area contributed by atoms with Gasteiger partial charge in [-0.1, -0.05) is 24.6 Å². The summed E-state index contributed by atoms with van der Waals surface area (Å²) in [5, 5.41) is 7.21. The van der Waals surface area contributed by atoms with Crippen LogP contribution in [0.1, 0.15) is 45.2 Å². The van der Waals surface area contributed by atoms with Crippen molar-refractivity contribution in [3.05, 3.63) is 34.6 Å². The standard InChI is InChI=1S/C15H20ClN3/c1-5-6-11-13-10(7-8-17-11)9-12(16)18-14(13)19-15(2,3)4/h6-9,17H,5H2,1-4H3,(H,18,19)/b11-6-. The first kappa shape index (κ1) is 13.9. The summed E-state index contributed by atoms with van der Waals surface area (Å²) in [6.07, 6.45) is 7.07. The third kappa shape index (κ3) is 3.29. The Morgan fingerprint density at radius 3 is 2.79 bits per heavy atom. The Labute approximate surface area is 119 Å². The van der Waals surface area contributed by atoms with E-state index in [0.29, 0.717) is 5.15 Å². The molecule has 0 aromatic carbocycles. The number of anilines is 1. The van der Waals surface area contributed by atoms with Crippen LogP contribution in [-0.2, 0) is 0 Å². The van der Waals surface area contributed by atoms with E-state index in [1.807, 2.05) is 18.3 Å². The first-order chi connectivity index (χ1) is 8.90. The minimum Gasteiger partial charge on any atom is -0.365 e. The van der Waals surface area contributed by atoms with Gasteiger partial charge in [-0.2, -0.15) is 0 Å². The van der Waals surface area contributed by atoms with E-state index in [2.05, 4.69) is 49.4 Å². The maximum Gasteiger partial charge on any atom is 0.138 e. The van der Waals surface area contributed by atoms with Gasteiger partial charge in [0.05, 0.1) is 0 Å². The van der Waals surface area contributed by atoms with Gasteiger partial charge in [0, 0.05) is 23.0 Å². The SMILES string of the molecule is CC/C=C1\NC=Cc2cc(Cl)nc(NC(C)(C)C)c21. The highest BCUT2D eigenvalue weighted by molar-refractivity contribution is 6.29. The van der Waals surface area contributed by atoms with Crippen molar-refractivity contribution in [1.29, 1.82) is 0 Å². The van der Waals surface area contributed by atoms with Crippen molar-refractivity contribution in [2.24, 2.45) is 0 Å². The van der Waals surface area contributed by atoms with Gasteiger partial charge in [-0.3, -0.25) is 0 Å². The molecule has 19 heavy (non-hydrogen) atoms. The van der Waals surface area contributed by atoms with Crippen LogP contribution in [0.25, 0.3) is 11.8 Å².